The Hall–Kier alpha value is -2.96. The van der Waals surface area contributed by atoms with Crippen LogP contribution in [0.25, 0.3) is 0 Å². The fraction of sp³-hybridized carbons (Fsp3) is 0.400. The molecule has 1 aromatic heterocycles. The molecule has 27 heavy (non-hydrogen) atoms. The molecule has 0 bridgehead atoms. The summed E-state index contributed by atoms with van der Waals surface area (Å²) in [5, 5.41) is 8.89. The Morgan fingerprint density at radius 3 is 2.52 bits per heavy atom. The van der Waals surface area contributed by atoms with Crippen LogP contribution in [-0.2, 0) is 4.79 Å². The molecule has 1 aromatic carbocycles. The van der Waals surface area contributed by atoms with Gasteiger partial charge >= 0.3 is 0 Å². The summed E-state index contributed by atoms with van der Waals surface area (Å²) in [6, 6.07) is 9.07. The molecule has 1 aliphatic carbocycles. The first-order chi connectivity index (χ1) is 13.1. The monoisotopic (exact) mass is 367 g/mol. The Balaban J connectivity index is 1.66. The molecular weight excluding hydrogens is 342 g/mol. The van der Waals surface area contributed by atoms with Crippen LogP contribution in [0, 0.1) is 0 Å². The summed E-state index contributed by atoms with van der Waals surface area (Å²) in [5.41, 5.74) is 1.74. The second kappa shape index (κ2) is 9.12. The molecule has 7 nitrogen and oxygen atoms in total. The van der Waals surface area contributed by atoms with Crippen molar-refractivity contribution >= 4 is 29.1 Å². The fourth-order valence-electron chi connectivity index (χ4n) is 3.24. The summed E-state index contributed by atoms with van der Waals surface area (Å²) >= 11 is 0. The number of aromatic nitrogens is 2. The first-order valence-electron chi connectivity index (χ1n) is 9.39. The van der Waals surface area contributed by atoms with Crippen LogP contribution < -0.4 is 16.0 Å². The van der Waals surface area contributed by atoms with E-state index in [4.69, 9.17) is 0 Å². The quantitative estimate of drug-likeness (QED) is 0.701. The van der Waals surface area contributed by atoms with Gasteiger partial charge in [-0.25, -0.2) is 9.97 Å². The minimum atomic E-state index is -0.167. The van der Waals surface area contributed by atoms with E-state index in [0.717, 1.165) is 31.4 Å². The van der Waals surface area contributed by atoms with Crippen LogP contribution >= 0.6 is 0 Å². The molecule has 3 N–H and O–H groups in total. The van der Waals surface area contributed by atoms with Gasteiger partial charge in [0.25, 0.3) is 5.91 Å². The number of carbonyl (C=O) groups is 2. The number of amides is 2. The molecule has 0 spiro atoms. The van der Waals surface area contributed by atoms with Crippen LogP contribution in [0.3, 0.4) is 0 Å². The SMILES string of the molecule is CC(=O)Nc1cccc(Nc2nccc(C(=O)NC3CCCCCC3)n2)c1. The molecule has 1 fully saturated rings. The molecule has 1 heterocycles. The lowest BCUT2D eigenvalue weighted by molar-refractivity contribution is -0.114. The van der Waals surface area contributed by atoms with Gasteiger partial charge < -0.3 is 16.0 Å². The van der Waals surface area contributed by atoms with E-state index in [2.05, 4.69) is 25.9 Å². The first-order valence-corrected chi connectivity index (χ1v) is 9.39. The molecule has 0 radical (unpaired) electrons. The molecule has 0 unspecified atom stereocenters. The maximum Gasteiger partial charge on any atom is 0.270 e. The van der Waals surface area contributed by atoms with Crippen LogP contribution in [0.2, 0.25) is 0 Å². The number of hydrogen-bond acceptors (Lipinski definition) is 5. The van der Waals surface area contributed by atoms with E-state index in [1.165, 1.54) is 19.8 Å². The molecule has 0 atom stereocenters. The van der Waals surface area contributed by atoms with E-state index in [-0.39, 0.29) is 17.9 Å². The standard InChI is InChI=1S/C20H25N5O2/c1-14(26)22-16-9-6-10-17(13-16)24-20-21-12-11-18(25-20)19(27)23-15-7-4-2-3-5-8-15/h6,9-13,15H,2-5,7-8H2,1H3,(H,22,26)(H,23,27)(H,21,24,25). The number of nitrogens with zero attached hydrogens (tertiary/aromatic N) is 2. The van der Waals surface area contributed by atoms with Crippen molar-refractivity contribution in [1.29, 1.82) is 0 Å². The van der Waals surface area contributed by atoms with Gasteiger partial charge in [-0.15, -0.1) is 0 Å². The smallest absolute Gasteiger partial charge is 0.270 e. The highest BCUT2D eigenvalue weighted by Crippen LogP contribution is 2.19. The van der Waals surface area contributed by atoms with Gasteiger partial charge in [-0.3, -0.25) is 9.59 Å². The maximum atomic E-state index is 12.5. The Labute approximate surface area is 159 Å². The molecule has 0 saturated heterocycles. The number of carbonyl (C=O) groups excluding carboxylic acids is 2. The predicted molar refractivity (Wildman–Crippen MR) is 105 cm³/mol. The third-order valence-electron chi connectivity index (χ3n) is 4.52. The number of anilines is 3. The van der Waals surface area contributed by atoms with Crippen LogP contribution in [0.5, 0.6) is 0 Å². The Kier molecular flexibility index (Phi) is 6.35. The van der Waals surface area contributed by atoms with E-state index < -0.39 is 0 Å². The topological polar surface area (TPSA) is 96.0 Å². The lowest BCUT2D eigenvalue weighted by Gasteiger charge is -2.16. The van der Waals surface area contributed by atoms with Crippen LogP contribution in [0.4, 0.5) is 17.3 Å². The Morgan fingerprint density at radius 1 is 1.04 bits per heavy atom. The van der Waals surface area contributed by atoms with Gasteiger partial charge in [0.1, 0.15) is 5.69 Å². The van der Waals surface area contributed by atoms with Gasteiger partial charge in [-0.05, 0) is 37.1 Å². The zero-order chi connectivity index (χ0) is 19.1. The van der Waals surface area contributed by atoms with E-state index in [0.29, 0.717) is 17.3 Å². The van der Waals surface area contributed by atoms with Crippen molar-refractivity contribution in [1.82, 2.24) is 15.3 Å². The molecular formula is C20H25N5O2. The van der Waals surface area contributed by atoms with Crippen molar-refractivity contribution in [3.05, 3.63) is 42.2 Å². The molecule has 2 aromatic rings. The Bertz CT molecular complexity index is 800. The van der Waals surface area contributed by atoms with Crippen molar-refractivity contribution in [3.63, 3.8) is 0 Å². The highest BCUT2D eigenvalue weighted by atomic mass is 16.2. The van der Waals surface area contributed by atoms with Gasteiger partial charge in [0, 0.05) is 30.5 Å². The van der Waals surface area contributed by atoms with Gasteiger partial charge in [0.05, 0.1) is 0 Å². The molecule has 7 heteroatoms. The second-order valence-corrected chi connectivity index (χ2v) is 6.81. The van der Waals surface area contributed by atoms with Gasteiger partial charge in [0.2, 0.25) is 11.9 Å². The van der Waals surface area contributed by atoms with Gasteiger partial charge in [-0.1, -0.05) is 31.7 Å². The summed E-state index contributed by atoms with van der Waals surface area (Å²) < 4.78 is 0. The van der Waals surface area contributed by atoms with E-state index in [1.807, 2.05) is 12.1 Å². The maximum absolute atomic E-state index is 12.5. The van der Waals surface area contributed by atoms with Crippen LogP contribution in [0.1, 0.15) is 55.9 Å². The zero-order valence-electron chi connectivity index (χ0n) is 15.5. The zero-order valence-corrected chi connectivity index (χ0v) is 15.5. The minimum Gasteiger partial charge on any atom is -0.348 e. The average Bonchev–Trinajstić information content (AvgIpc) is 2.90. The largest absolute Gasteiger partial charge is 0.348 e. The highest BCUT2D eigenvalue weighted by molar-refractivity contribution is 5.92. The summed E-state index contributed by atoms with van der Waals surface area (Å²) in [7, 11) is 0. The lowest BCUT2D eigenvalue weighted by atomic mass is 10.1. The molecule has 0 aliphatic heterocycles. The molecule has 142 valence electrons. The van der Waals surface area contributed by atoms with Crippen molar-refractivity contribution in [2.75, 3.05) is 10.6 Å². The number of rotatable bonds is 5. The van der Waals surface area contributed by atoms with E-state index in [9.17, 15) is 9.59 Å². The summed E-state index contributed by atoms with van der Waals surface area (Å²) in [6.07, 6.45) is 8.42. The normalized spacial score (nSPS) is 14.9. The average molecular weight is 367 g/mol. The second-order valence-electron chi connectivity index (χ2n) is 6.81. The van der Waals surface area contributed by atoms with Crippen molar-refractivity contribution < 1.29 is 9.59 Å². The van der Waals surface area contributed by atoms with Crippen LogP contribution in [0.15, 0.2) is 36.5 Å². The molecule has 3 rings (SSSR count). The molecule has 1 aliphatic rings. The Morgan fingerprint density at radius 2 is 1.78 bits per heavy atom. The van der Waals surface area contributed by atoms with Crippen molar-refractivity contribution in [2.24, 2.45) is 0 Å². The van der Waals surface area contributed by atoms with E-state index in [1.54, 1.807) is 24.4 Å². The molecule has 1 saturated carbocycles. The third-order valence-corrected chi connectivity index (χ3v) is 4.52. The predicted octanol–water partition coefficient (Wildman–Crippen LogP) is 3.63. The number of benzene rings is 1. The van der Waals surface area contributed by atoms with Crippen molar-refractivity contribution in [3.8, 4) is 0 Å². The van der Waals surface area contributed by atoms with Crippen molar-refractivity contribution in [2.45, 2.75) is 51.5 Å². The van der Waals surface area contributed by atoms with Gasteiger partial charge in [-0.2, -0.15) is 0 Å². The number of hydrogen-bond donors (Lipinski definition) is 3. The van der Waals surface area contributed by atoms with Crippen LogP contribution in [-0.4, -0.2) is 27.8 Å². The summed E-state index contributed by atoms with van der Waals surface area (Å²) in [4.78, 5) is 32.2. The summed E-state index contributed by atoms with van der Waals surface area (Å²) in [5.74, 6) is 0.0309. The molecule has 2 amide bonds. The highest BCUT2D eigenvalue weighted by Gasteiger charge is 2.17. The minimum absolute atomic E-state index is 0.138. The van der Waals surface area contributed by atoms with Gasteiger partial charge in [0.15, 0.2) is 0 Å². The first kappa shape index (κ1) is 18.8. The summed E-state index contributed by atoms with van der Waals surface area (Å²) in [6.45, 7) is 1.46. The lowest BCUT2D eigenvalue weighted by Crippen LogP contribution is -2.35. The fourth-order valence-corrected chi connectivity index (χ4v) is 3.24. The van der Waals surface area contributed by atoms with E-state index >= 15 is 0 Å². The number of nitrogens with one attached hydrogen (secondary N) is 3. The third kappa shape index (κ3) is 5.77.